The lowest BCUT2D eigenvalue weighted by Crippen LogP contribution is -2.57. The molecule has 1 N–H and O–H groups in total. The third-order valence-corrected chi connectivity index (χ3v) is 10.8. The molecule has 1 fully saturated rings. The average Bonchev–Trinajstić information content (AvgIpc) is 3.31. The molecule has 4 aromatic rings. The molecule has 0 saturated carbocycles. The summed E-state index contributed by atoms with van der Waals surface area (Å²) >= 11 is 15.0. The highest BCUT2D eigenvalue weighted by molar-refractivity contribution is 6.36. The number of ether oxygens (including phenoxy) is 1. The van der Waals surface area contributed by atoms with Gasteiger partial charge in [-0.2, -0.15) is 0 Å². The lowest BCUT2D eigenvalue weighted by molar-refractivity contribution is -0.146. The number of nitrogens with zero attached hydrogens (tertiary/aromatic N) is 1. The minimum atomic E-state index is -1.30. The first-order valence-electron chi connectivity index (χ1n) is 15.1. The molecule has 45 heavy (non-hydrogen) atoms. The van der Waals surface area contributed by atoms with Gasteiger partial charge in [0.15, 0.2) is 0 Å². The number of halogens is 2. The molecule has 8 heteroatoms. The summed E-state index contributed by atoms with van der Waals surface area (Å²) < 4.78 is 6.19. The molecule has 0 spiro atoms. The van der Waals surface area contributed by atoms with E-state index in [4.69, 9.17) is 27.9 Å². The highest BCUT2D eigenvalue weighted by atomic mass is 35.5. The van der Waals surface area contributed by atoms with Crippen molar-refractivity contribution in [2.75, 3.05) is 5.32 Å². The number of aryl methyl sites for hydroxylation is 1. The minimum absolute atomic E-state index is 0.293. The Labute approximate surface area is 272 Å². The molecule has 0 radical (unpaired) electrons. The number of rotatable bonds is 6. The quantitative estimate of drug-likeness (QED) is 0.172. The Bertz CT molecular complexity index is 1760. The van der Waals surface area contributed by atoms with Gasteiger partial charge in [-0.25, -0.2) is 0 Å². The second kappa shape index (κ2) is 10.5. The minimum Gasteiger partial charge on any atom is -0.457 e. The van der Waals surface area contributed by atoms with Crippen molar-refractivity contribution in [2.45, 2.75) is 49.4 Å². The highest BCUT2D eigenvalue weighted by Gasteiger charge is 2.73. The maximum atomic E-state index is 14.2. The van der Waals surface area contributed by atoms with E-state index >= 15 is 0 Å². The zero-order chi connectivity index (χ0) is 31.8. The van der Waals surface area contributed by atoms with Gasteiger partial charge in [-0.15, -0.1) is 23.2 Å². The number of alkyl halides is 2. The molecule has 1 saturated heterocycles. The lowest BCUT2D eigenvalue weighted by atomic mass is 9.54. The van der Waals surface area contributed by atoms with Crippen molar-refractivity contribution in [3.05, 3.63) is 124 Å². The highest BCUT2D eigenvalue weighted by Crippen LogP contribution is 2.69. The third kappa shape index (κ3) is 4.19. The van der Waals surface area contributed by atoms with Gasteiger partial charge in [0, 0.05) is 5.69 Å². The standard InChI is InChI=1S/C37H32Cl2N2O4/c1-20(2)25-18-13-21(3)19-30(25)45-24-16-14-23(15-17-24)40-33(42)22(4)41-34(43)31-32(35(41)44)37(39)27-10-6-5-9-26(27)36(31,38)28-11-7-8-12-29(28)37/h5-20,22,31-32H,1-4H3,(H,40,42)/t22-,31-,32-,36?,37?/m0/s1. The fraction of sp³-hybridized carbons (Fsp3) is 0.270. The van der Waals surface area contributed by atoms with Gasteiger partial charge >= 0.3 is 0 Å². The Morgan fingerprint density at radius 1 is 0.778 bits per heavy atom. The Morgan fingerprint density at radius 2 is 1.27 bits per heavy atom. The molecular weight excluding hydrogens is 607 g/mol. The molecular formula is C37H32Cl2N2O4. The molecule has 1 aliphatic heterocycles. The maximum absolute atomic E-state index is 14.2. The van der Waals surface area contributed by atoms with Gasteiger partial charge in [0.05, 0.1) is 11.8 Å². The van der Waals surface area contributed by atoms with Crippen molar-refractivity contribution < 1.29 is 19.1 Å². The van der Waals surface area contributed by atoms with Crippen molar-refractivity contribution in [3.63, 3.8) is 0 Å². The van der Waals surface area contributed by atoms with Crippen LogP contribution in [0.1, 0.15) is 60.1 Å². The van der Waals surface area contributed by atoms with Gasteiger partial charge in [-0.05, 0) is 83.5 Å². The summed E-state index contributed by atoms with van der Waals surface area (Å²) in [5.74, 6) is -1.72. The molecule has 1 heterocycles. The van der Waals surface area contributed by atoms with Crippen molar-refractivity contribution in [2.24, 2.45) is 11.8 Å². The molecule has 228 valence electrons. The Balaban J connectivity index is 1.15. The van der Waals surface area contributed by atoms with Crippen LogP contribution in [0, 0.1) is 18.8 Å². The van der Waals surface area contributed by atoms with Crippen LogP contribution in [0.25, 0.3) is 0 Å². The summed E-state index contributed by atoms with van der Waals surface area (Å²) in [4.78, 5) is 40.4. The molecule has 4 aromatic carbocycles. The van der Waals surface area contributed by atoms with Crippen molar-refractivity contribution in [3.8, 4) is 11.5 Å². The molecule has 3 aliphatic carbocycles. The molecule has 8 rings (SSSR count). The van der Waals surface area contributed by atoms with Crippen LogP contribution in [0.3, 0.4) is 0 Å². The molecule has 2 bridgehead atoms. The van der Waals surface area contributed by atoms with Gasteiger partial charge in [0.25, 0.3) is 0 Å². The number of hydrogen-bond donors (Lipinski definition) is 1. The SMILES string of the molecule is Cc1ccc(C(C)C)c(Oc2ccc(NC(=O)[C@H](C)N3C(=O)[C@@H]4[C@@H](C3=O)C3(Cl)c5ccccc5C4(Cl)c4ccccc43)cc2)c1. The number of carbonyl (C=O) groups is 3. The van der Waals surface area contributed by atoms with Gasteiger partial charge in [0.1, 0.15) is 27.3 Å². The van der Waals surface area contributed by atoms with Crippen LogP contribution >= 0.6 is 23.2 Å². The number of imide groups is 1. The van der Waals surface area contributed by atoms with E-state index in [0.29, 0.717) is 17.4 Å². The first kappa shape index (κ1) is 29.6. The summed E-state index contributed by atoms with van der Waals surface area (Å²) in [5, 5.41) is 2.86. The smallest absolute Gasteiger partial charge is 0.247 e. The summed E-state index contributed by atoms with van der Waals surface area (Å²) in [6, 6.07) is 27.0. The van der Waals surface area contributed by atoms with E-state index in [9.17, 15) is 14.4 Å². The molecule has 0 unspecified atom stereocenters. The van der Waals surface area contributed by atoms with Gasteiger partial charge in [0.2, 0.25) is 17.7 Å². The predicted molar refractivity (Wildman–Crippen MR) is 175 cm³/mol. The van der Waals surface area contributed by atoms with Gasteiger partial charge in [-0.1, -0.05) is 74.5 Å². The summed E-state index contributed by atoms with van der Waals surface area (Å²) in [6.45, 7) is 7.80. The van der Waals surface area contributed by atoms with E-state index in [-0.39, 0.29) is 0 Å². The van der Waals surface area contributed by atoms with E-state index < -0.39 is 45.3 Å². The third-order valence-electron chi connectivity index (χ3n) is 9.53. The van der Waals surface area contributed by atoms with E-state index in [0.717, 1.165) is 44.0 Å². The van der Waals surface area contributed by atoms with Crippen LogP contribution in [-0.4, -0.2) is 28.7 Å². The van der Waals surface area contributed by atoms with E-state index in [1.54, 1.807) is 31.2 Å². The van der Waals surface area contributed by atoms with Crippen LogP contribution in [-0.2, 0) is 24.1 Å². The molecule has 6 nitrogen and oxygen atoms in total. The van der Waals surface area contributed by atoms with Crippen molar-refractivity contribution >= 4 is 46.6 Å². The Kier molecular flexibility index (Phi) is 6.88. The number of hydrogen-bond acceptors (Lipinski definition) is 4. The predicted octanol–water partition coefficient (Wildman–Crippen LogP) is 7.83. The van der Waals surface area contributed by atoms with Crippen LogP contribution in [0.4, 0.5) is 5.69 Å². The second-order valence-electron chi connectivity index (χ2n) is 12.5. The summed E-state index contributed by atoms with van der Waals surface area (Å²) in [6.07, 6.45) is 0. The normalized spacial score (nSPS) is 25.1. The maximum Gasteiger partial charge on any atom is 0.247 e. The molecule has 3 amide bonds. The molecule has 4 aliphatic rings. The fourth-order valence-corrected chi connectivity index (χ4v) is 8.47. The average molecular weight is 640 g/mol. The number of amides is 3. The van der Waals surface area contributed by atoms with Gasteiger partial charge in [-0.3, -0.25) is 19.3 Å². The van der Waals surface area contributed by atoms with E-state index in [2.05, 4.69) is 31.3 Å². The van der Waals surface area contributed by atoms with E-state index in [1.165, 1.54) is 0 Å². The second-order valence-corrected chi connectivity index (χ2v) is 13.7. The number of benzene rings is 4. The zero-order valence-corrected chi connectivity index (χ0v) is 26.8. The number of nitrogens with one attached hydrogen (secondary N) is 1. The van der Waals surface area contributed by atoms with Crippen LogP contribution in [0.2, 0.25) is 0 Å². The molecule has 3 atom stereocenters. The largest absolute Gasteiger partial charge is 0.457 e. The molecule has 0 aromatic heterocycles. The van der Waals surface area contributed by atoms with Gasteiger partial charge < -0.3 is 10.1 Å². The lowest BCUT2D eigenvalue weighted by Gasteiger charge is -2.54. The monoisotopic (exact) mass is 638 g/mol. The van der Waals surface area contributed by atoms with Crippen molar-refractivity contribution in [1.29, 1.82) is 0 Å². The number of carbonyl (C=O) groups excluding carboxylic acids is 3. The van der Waals surface area contributed by atoms with Crippen LogP contribution < -0.4 is 10.1 Å². The van der Waals surface area contributed by atoms with E-state index in [1.807, 2.05) is 61.5 Å². The Hall–Kier alpha value is -4.13. The summed E-state index contributed by atoms with van der Waals surface area (Å²) in [5.41, 5.74) is 5.57. The van der Waals surface area contributed by atoms with Crippen LogP contribution in [0.15, 0.2) is 91.0 Å². The van der Waals surface area contributed by atoms with Crippen molar-refractivity contribution in [1.82, 2.24) is 4.90 Å². The summed E-state index contributed by atoms with van der Waals surface area (Å²) in [7, 11) is 0. The first-order chi connectivity index (χ1) is 21.5. The first-order valence-corrected chi connectivity index (χ1v) is 15.9. The Morgan fingerprint density at radius 3 is 1.73 bits per heavy atom. The number of likely N-dealkylation sites (tertiary alicyclic amines) is 1. The topological polar surface area (TPSA) is 75.7 Å². The fourth-order valence-electron chi connectivity index (χ4n) is 7.37. The van der Waals surface area contributed by atoms with Crippen LogP contribution in [0.5, 0.6) is 11.5 Å². The number of anilines is 1. The zero-order valence-electron chi connectivity index (χ0n) is 25.3.